The van der Waals surface area contributed by atoms with Gasteiger partial charge in [0.1, 0.15) is 6.07 Å². The summed E-state index contributed by atoms with van der Waals surface area (Å²) < 4.78 is 0. The molecular weight excluding hydrogens is 242 g/mol. The first-order valence-electron chi connectivity index (χ1n) is 6.46. The number of aromatic nitrogens is 1. The van der Waals surface area contributed by atoms with Gasteiger partial charge in [-0.25, -0.2) is 4.98 Å². The molecule has 0 aromatic carbocycles. The molecule has 0 amide bonds. The second kappa shape index (κ2) is 5.27. The zero-order valence-corrected chi connectivity index (χ0v) is 11.0. The molecule has 1 aromatic rings. The summed E-state index contributed by atoms with van der Waals surface area (Å²) in [6.07, 6.45) is 3.46. The fourth-order valence-electron chi connectivity index (χ4n) is 2.63. The van der Waals surface area contributed by atoms with Gasteiger partial charge in [0.15, 0.2) is 5.69 Å². The molecule has 0 saturated carbocycles. The van der Waals surface area contributed by atoms with Crippen molar-refractivity contribution in [3.05, 3.63) is 24.0 Å². The third kappa shape index (κ3) is 2.39. The molecule has 5 nitrogen and oxygen atoms in total. The van der Waals surface area contributed by atoms with Gasteiger partial charge in [-0.2, -0.15) is 5.26 Å². The number of carboxylic acid groups (broad SMARTS) is 1. The van der Waals surface area contributed by atoms with Crippen LogP contribution in [0.2, 0.25) is 0 Å². The Morgan fingerprint density at radius 2 is 2.26 bits per heavy atom. The Hall–Kier alpha value is -2.09. The van der Waals surface area contributed by atoms with E-state index in [0.29, 0.717) is 38.0 Å². The minimum atomic E-state index is -0.707. The van der Waals surface area contributed by atoms with Crippen molar-refractivity contribution >= 4 is 11.7 Å². The van der Waals surface area contributed by atoms with Gasteiger partial charge in [-0.3, -0.25) is 4.79 Å². The maximum Gasteiger partial charge on any atom is 0.309 e. The molecule has 5 heteroatoms. The van der Waals surface area contributed by atoms with Crippen molar-refractivity contribution in [3.63, 3.8) is 0 Å². The average molecular weight is 259 g/mol. The van der Waals surface area contributed by atoms with Gasteiger partial charge >= 0.3 is 5.97 Å². The van der Waals surface area contributed by atoms with Crippen LogP contribution in [0.4, 0.5) is 5.69 Å². The highest BCUT2D eigenvalue weighted by Crippen LogP contribution is 2.37. The molecule has 100 valence electrons. The summed E-state index contributed by atoms with van der Waals surface area (Å²) in [5, 5.41) is 18.4. The molecule has 0 unspecified atom stereocenters. The third-order valence-electron chi connectivity index (χ3n) is 4.08. The van der Waals surface area contributed by atoms with Gasteiger partial charge in [-0.05, 0) is 31.4 Å². The predicted octanol–water partition coefficient (Wildman–Crippen LogP) is 2.03. The quantitative estimate of drug-likeness (QED) is 0.898. The van der Waals surface area contributed by atoms with Gasteiger partial charge in [0, 0.05) is 19.3 Å². The zero-order valence-electron chi connectivity index (χ0n) is 11.0. The Morgan fingerprint density at radius 3 is 2.79 bits per heavy atom. The second-order valence-electron chi connectivity index (χ2n) is 4.91. The summed E-state index contributed by atoms with van der Waals surface area (Å²) in [6, 6.07) is 5.75. The van der Waals surface area contributed by atoms with E-state index in [9.17, 15) is 9.90 Å². The molecule has 0 radical (unpaired) electrons. The number of hydrogen-bond donors (Lipinski definition) is 1. The summed E-state index contributed by atoms with van der Waals surface area (Å²) in [4.78, 5) is 17.5. The van der Waals surface area contributed by atoms with Crippen LogP contribution in [-0.4, -0.2) is 29.1 Å². The molecule has 0 bridgehead atoms. The summed E-state index contributed by atoms with van der Waals surface area (Å²) >= 11 is 0. The zero-order chi connectivity index (χ0) is 13.9. The normalized spacial score (nSPS) is 17.8. The first-order valence-corrected chi connectivity index (χ1v) is 6.46. The van der Waals surface area contributed by atoms with E-state index in [2.05, 4.69) is 16.0 Å². The highest BCUT2D eigenvalue weighted by atomic mass is 16.4. The Kier molecular flexibility index (Phi) is 3.70. The van der Waals surface area contributed by atoms with E-state index in [1.807, 2.05) is 13.0 Å². The van der Waals surface area contributed by atoms with Crippen LogP contribution in [0.5, 0.6) is 0 Å². The van der Waals surface area contributed by atoms with E-state index in [0.717, 1.165) is 5.69 Å². The van der Waals surface area contributed by atoms with Crippen molar-refractivity contribution in [2.24, 2.45) is 5.41 Å². The van der Waals surface area contributed by atoms with Crippen molar-refractivity contribution in [2.75, 3.05) is 18.0 Å². The van der Waals surface area contributed by atoms with Crippen LogP contribution < -0.4 is 4.90 Å². The summed E-state index contributed by atoms with van der Waals surface area (Å²) in [5.74, 6) is -0.707. The lowest BCUT2D eigenvalue weighted by Crippen LogP contribution is -2.44. The van der Waals surface area contributed by atoms with Gasteiger partial charge in [0.2, 0.25) is 0 Å². The Morgan fingerprint density at radius 1 is 1.58 bits per heavy atom. The molecule has 19 heavy (non-hydrogen) atoms. The number of nitrogens with zero attached hydrogens (tertiary/aromatic N) is 3. The maximum atomic E-state index is 11.4. The van der Waals surface area contributed by atoms with Gasteiger partial charge in [0.05, 0.1) is 11.1 Å². The fourth-order valence-corrected chi connectivity index (χ4v) is 2.63. The molecule has 1 aliphatic rings. The number of aliphatic carboxylic acids is 1. The van der Waals surface area contributed by atoms with Gasteiger partial charge in [-0.15, -0.1) is 0 Å². The summed E-state index contributed by atoms with van der Waals surface area (Å²) in [6.45, 7) is 3.23. The average Bonchev–Trinajstić information content (AvgIpc) is 2.47. The molecule has 2 heterocycles. The number of nitriles is 1. The molecule has 1 N–H and O–H groups in total. The molecular formula is C14H17N3O2. The van der Waals surface area contributed by atoms with E-state index in [1.54, 1.807) is 12.3 Å². The van der Waals surface area contributed by atoms with Crippen LogP contribution in [0.25, 0.3) is 0 Å². The number of carboxylic acids is 1. The number of piperidine rings is 1. The van der Waals surface area contributed by atoms with E-state index in [4.69, 9.17) is 5.26 Å². The highest BCUT2D eigenvalue weighted by molar-refractivity contribution is 5.75. The largest absolute Gasteiger partial charge is 0.481 e. The molecule has 1 aromatic heterocycles. The lowest BCUT2D eigenvalue weighted by molar-refractivity contribution is -0.150. The molecule has 1 saturated heterocycles. The van der Waals surface area contributed by atoms with Crippen molar-refractivity contribution in [2.45, 2.75) is 26.2 Å². The molecule has 0 aliphatic carbocycles. The van der Waals surface area contributed by atoms with E-state index in [1.165, 1.54) is 0 Å². The number of carbonyl (C=O) groups is 1. The Balaban J connectivity index is 2.16. The topological polar surface area (TPSA) is 77.2 Å². The van der Waals surface area contributed by atoms with Gasteiger partial charge < -0.3 is 10.0 Å². The monoisotopic (exact) mass is 259 g/mol. The molecule has 0 spiro atoms. The maximum absolute atomic E-state index is 11.4. The molecule has 2 rings (SSSR count). The van der Waals surface area contributed by atoms with Crippen LogP contribution in [0, 0.1) is 16.7 Å². The highest BCUT2D eigenvalue weighted by Gasteiger charge is 2.40. The summed E-state index contributed by atoms with van der Waals surface area (Å²) in [7, 11) is 0. The van der Waals surface area contributed by atoms with E-state index in [-0.39, 0.29) is 0 Å². The lowest BCUT2D eigenvalue weighted by Gasteiger charge is -2.39. The fraction of sp³-hybridized carbons (Fsp3) is 0.500. The standard InChI is InChI=1S/C14H17N3O2/c1-2-14(13(18)19)5-8-17(9-6-14)12-4-3-7-16-11(12)10-15/h3-4,7H,2,5-6,8-9H2,1H3,(H,18,19). The van der Waals surface area contributed by atoms with Crippen molar-refractivity contribution < 1.29 is 9.90 Å². The third-order valence-corrected chi connectivity index (χ3v) is 4.08. The van der Waals surface area contributed by atoms with Crippen molar-refractivity contribution in [3.8, 4) is 6.07 Å². The van der Waals surface area contributed by atoms with Gasteiger partial charge in [-0.1, -0.05) is 6.92 Å². The first-order chi connectivity index (χ1) is 9.13. The molecule has 1 aliphatic heterocycles. The second-order valence-corrected chi connectivity index (χ2v) is 4.91. The van der Waals surface area contributed by atoms with Crippen molar-refractivity contribution in [1.29, 1.82) is 5.26 Å². The number of rotatable bonds is 3. The van der Waals surface area contributed by atoms with E-state index >= 15 is 0 Å². The van der Waals surface area contributed by atoms with Gasteiger partial charge in [0.25, 0.3) is 0 Å². The van der Waals surface area contributed by atoms with Crippen LogP contribution in [0.1, 0.15) is 31.9 Å². The lowest BCUT2D eigenvalue weighted by atomic mass is 9.76. The predicted molar refractivity (Wildman–Crippen MR) is 70.8 cm³/mol. The number of hydrogen-bond acceptors (Lipinski definition) is 4. The number of pyridine rings is 1. The first kappa shape index (κ1) is 13.3. The Bertz CT molecular complexity index is 514. The van der Waals surface area contributed by atoms with Crippen LogP contribution >= 0.6 is 0 Å². The number of anilines is 1. The van der Waals surface area contributed by atoms with E-state index < -0.39 is 11.4 Å². The van der Waals surface area contributed by atoms with Crippen LogP contribution in [0.15, 0.2) is 18.3 Å². The minimum absolute atomic E-state index is 0.404. The Labute approximate surface area is 112 Å². The van der Waals surface area contributed by atoms with Crippen LogP contribution in [-0.2, 0) is 4.79 Å². The minimum Gasteiger partial charge on any atom is -0.481 e. The molecule has 0 atom stereocenters. The SMILES string of the molecule is CCC1(C(=O)O)CCN(c2cccnc2C#N)CC1. The summed E-state index contributed by atoms with van der Waals surface area (Å²) in [5.41, 5.74) is 0.604. The smallest absolute Gasteiger partial charge is 0.309 e. The molecule has 1 fully saturated rings. The van der Waals surface area contributed by atoms with Crippen LogP contribution in [0.3, 0.4) is 0 Å². The van der Waals surface area contributed by atoms with Crippen molar-refractivity contribution in [1.82, 2.24) is 4.98 Å².